The van der Waals surface area contributed by atoms with Crippen molar-refractivity contribution in [1.29, 1.82) is 0 Å². The van der Waals surface area contributed by atoms with E-state index in [-0.39, 0.29) is 42.1 Å². The molecule has 3 N–H and O–H groups in total. The molecule has 4 rings (SSSR count). The Morgan fingerprint density at radius 3 is 2.48 bits per heavy atom. The number of aromatic nitrogens is 1. The fourth-order valence-corrected chi connectivity index (χ4v) is 5.88. The number of hydrogen-bond donors (Lipinski definition) is 3. The highest BCUT2D eigenvalue weighted by Crippen LogP contribution is 2.33. The average Bonchev–Trinajstić information content (AvgIpc) is 3.26. The van der Waals surface area contributed by atoms with Crippen LogP contribution in [0.4, 0.5) is 24.5 Å². The van der Waals surface area contributed by atoms with Crippen LogP contribution in [0.25, 0.3) is 10.9 Å². The van der Waals surface area contributed by atoms with Crippen LogP contribution < -0.4 is 15.4 Å². The molecule has 0 aliphatic heterocycles. The summed E-state index contributed by atoms with van der Waals surface area (Å²) >= 11 is 0. The van der Waals surface area contributed by atoms with Crippen molar-refractivity contribution < 1.29 is 31.4 Å². The van der Waals surface area contributed by atoms with E-state index in [0.717, 1.165) is 37.6 Å². The molecule has 1 aromatic heterocycles. The minimum atomic E-state index is -4.44. The van der Waals surface area contributed by atoms with Gasteiger partial charge in [0, 0.05) is 35.5 Å². The quantitative estimate of drug-likeness (QED) is 0.288. The van der Waals surface area contributed by atoms with Crippen LogP contribution in [0, 0.1) is 11.8 Å². The monoisotopic (exact) mass is 606 g/mol. The molecule has 42 heavy (non-hydrogen) atoms. The minimum absolute atomic E-state index is 0.0431. The first-order chi connectivity index (χ1) is 19.9. The largest absolute Gasteiger partial charge is 0.489 e. The lowest BCUT2D eigenvalue weighted by molar-refractivity contribution is -0.140. The third kappa shape index (κ3) is 8.12. The Morgan fingerprint density at radius 2 is 1.83 bits per heavy atom. The number of benzene rings is 2. The van der Waals surface area contributed by atoms with E-state index in [1.807, 2.05) is 6.07 Å². The molecule has 1 aliphatic carbocycles. The molecule has 0 unspecified atom stereocenters. The van der Waals surface area contributed by atoms with Crippen molar-refractivity contribution in [1.82, 2.24) is 9.47 Å². The number of nitrogens with zero attached hydrogens (tertiary/aromatic N) is 2. The van der Waals surface area contributed by atoms with Crippen LogP contribution in [0.3, 0.4) is 0 Å². The van der Waals surface area contributed by atoms with E-state index >= 15 is 0 Å². The van der Waals surface area contributed by atoms with Gasteiger partial charge in [0.05, 0.1) is 34.9 Å². The highest BCUT2D eigenvalue weighted by molar-refractivity contribution is 7.90. The summed E-state index contributed by atoms with van der Waals surface area (Å²) in [6.45, 7) is -1.42. The van der Waals surface area contributed by atoms with Gasteiger partial charge in [-0.15, -0.1) is 0 Å². The van der Waals surface area contributed by atoms with E-state index in [0.29, 0.717) is 22.6 Å². The van der Waals surface area contributed by atoms with Gasteiger partial charge >= 0.3 is 6.18 Å². The van der Waals surface area contributed by atoms with Crippen molar-refractivity contribution in [2.75, 3.05) is 50.7 Å². The molecular weight excluding hydrogens is 569 g/mol. The van der Waals surface area contributed by atoms with E-state index in [4.69, 9.17) is 9.84 Å². The van der Waals surface area contributed by atoms with Gasteiger partial charge in [-0.25, -0.2) is 8.42 Å². The van der Waals surface area contributed by atoms with Gasteiger partial charge in [0.25, 0.3) is 0 Å². The predicted octanol–water partition coefficient (Wildman–Crippen LogP) is 4.73. The van der Waals surface area contributed by atoms with Crippen LogP contribution in [0.1, 0.15) is 31.4 Å². The normalized spacial score (nSPS) is 17.6. The predicted molar refractivity (Wildman–Crippen MR) is 159 cm³/mol. The van der Waals surface area contributed by atoms with Gasteiger partial charge in [-0.1, -0.05) is 12.0 Å². The second kappa shape index (κ2) is 13.3. The number of alkyl halides is 3. The van der Waals surface area contributed by atoms with E-state index in [2.05, 4.69) is 41.5 Å². The number of halogens is 3. The summed E-state index contributed by atoms with van der Waals surface area (Å²) in [6.07, 6.45) is 0.723. The fourth-order valence-electron chi connectivity index (χ4n) is 5.25. The number of rotatable bonds is 10. The molecule has 228 valence electrons. The van der Waals surface area contributed by atoms with Gasteiger partial charge in [-0.2, -0.15) is 13.2 Å². The lowest BCUT2D eigenvalue weighted by Crippen LogP contribution is -2.36. The molecule has 1 saturated carbocycles. The van der Waals surface area contributed by atoms with Gasteiger partial charge in [0.1, 0.15) is 18.9 Å². The topological polar surface area (TPSA) is 95.8 Å². The molecule has 0 spiro atoms. The van der Waals surface area contributed by atoms with Crippen LogP contribution in [-0.4, -0.2) is 81.4 Å². The zero-order chi connectivity index (χ0) is 30.5. The van der Waals surface area contributed by atoms with E-state index < -0.39 is 22.6 Å². The molecule has 1 heterocycles. The fraction of sp³-hybridized carbons (Fsp3) is 0.467. The third-order valence-electron chi connectivity index (χ3n) is 7.38. The Morgan fingerprint density at radius 1 is 1.10 bits per heavy atom. The smallest absolute Gasteiger partial charge is 0.406 e. The number of aliphatic hydroxyl groups is 1. The van der Waals surface area contributed by atoms with Crippen molar-refractivity contribution in [2.24, 2.45) is 0 Å². The highest BCUT2D eigenvalue weighted by Gasteiger charge is 2.30. The molecule has 0 atom stereocenters. The van der Waals surface area contributed by atoms with Crippen molar-refractivity contribution in [3.05, 3.63) is 48.2 Å². The number of aliphatic hydroxyl groups excluding tert-OH is 1. The van der Waals surface area contributed by atoms with Crippen LogP contribution in [0.5, 0.6) is 5.75 Å². The van der Waals surface area contributed by atoms with Crippen molar-refractivity contribution in [3.63, 3.8) is 0 Å². The third-order valence-corrected chi connectivity index (χ3v) is 8.49. The van der Waals surface area contributed by atoms with E-state index in [1.54, 1.807) is 18.2 Å². The van der Waals surface area contributed by atoms with E-state index in [1.165, 1.54) is 22.8 Å². The Hall–Kier alpha value is -3.40. The maximum absolute atomic E-state index is 13.6. The summed E-state index contributed by atoms with van der Waals surface area (Å²) in [7, 11) is 0.685. The lowest BCUT2D eigenvalue weighted by Gasteiger charge is -2.33. The summed E-state index contributed by atoms with van der Waals surface area (Å²) in [5.41, 5.74) is 1.92. The summed E-state index contributed by atoms with van der Waals surface area (Å²) in [5, 5.41) is 16.4. The zero-order valence-electron chi connectivity index (χ0n) is 24.0. The zero-order valence-corrected chi connectivity index (χ0v) is 24.8. The number of fused-ring (bicyclic) bond motifs is 1. The molecule has 0 amide bonds. The first kappa shape index (κ1) is 31.5. The van der Waals surface area contributed by atoms with Gasteiger partial charge in [-0.05, 0) is 76.0 Å². The molecule has 0 saturated heterocycles. The number of ether oxygens (including phenoxy) is 1. The van der Waals surface area contributed by atoms with Crippen LogP contribution in [0.2, 0.25) is 0 Å². The van der Waals surface area contributed by atoms with Crippen molar-refractivity contribution in [2.45, 2.75) is 55.4 Å². The molecule has 0 radical (unpaired) electrons. The minimum Gasteiger partial charge on any atom is -0.489 e. The van der Waals surface area contributed by atoms with Crippen LogP contribution in [0.15, 0.2) is 47.4 Å². The molecular formula is C30H37F3N4O4S. The summed E-state index contributed by atoms with van der Waals surface area (Å²) < 4.78 is 71.3. The molecule has 3 aromatic rings. The molecule has 1 fully saturated rings. The Bertz CT molecular complexity index is 1550. The number of nitrogens with one attached hydrogen (secondary N) is 2. The first-order valence-corrected chi connectivity index (χ1v) is 15.7. The highest BCUT2D eigenvalue weighted by atomic mass is 32.2. The number of hydrogen-bond acceptors (Lipinski definition) is 7. The molecule has 12 heteroatoms. The lowest BCUT2D eigenvalue weighted by atomic mass is 9.90. The molecule has 2 aromatic carbocycles. The first-order valence-electron chi connectivity index (χ1n) is 13.8. The van der Waals surface area contributed by atoms with Gasteiger partial charge in [-0.3, -0.25) is 0 Å². The maximum Gasteiger partial charge on any atom is 0.406 e. The van der Waals surface area contributed by atoms with E-state index in [9.17, 15) is 21.6 Å². The van der Waals surface area contributed by atoms with Gasteiger partial charge < -0.3 is 29.9 Å². The van der Waals surface area contributed by atoms with Gasteiger partial charge in [0.15, 0.2) is 9.84 Å². The second-order valence-electron chi connectivity index (χ2n) is 10.7. The average molecular weight is 607 g/mol. The molecule has 1 aliphatic rings. The molecule has 0 bridgehead atoms. The summed E-state index contributed by atoms with van der Waals surface area (Å²) in [4.78, 5) is 2.29. The maximum atomic E-state index is 13.6. The SMILES string of the molecule is CN(C)[C@H]1CC[C@H](Nc2cccc3c2cc(C#CCNc2ccc(S(C)(=O)=O)cc2OCCO)n3CC(F)(F)F)CC1. The summed E-state index contributed by atoms with van der Waals surface area (Å²) in [5.74, 6) is 5.99. The van der Waals surface area contributed by atoms with Crippen LogP contribution >= 0.6 is 0 Å². The van der Waals surface area contributed by atoms with Crippen molar-refractivity contribution in [3.8, 4) is 17.6 Å². The second-order valence-corrected chi connectivity index (χ2v) is 12.8. The summed E-state index contributed by atoms with van der Waals surface area (Å²) in [6, 6.07) is 12.1. The number of anilines is 2. The van der Waals surface area contributed by atoms with Crippen LogP contribution in [-0.2, 0) is 16.4 Å². The van der Waals surface area contributed by atoms with Gasteiger partial charge in [0.2, 0.25) is 0 Å². The Kier molecular flexibility index (Phi) is 9.97. The standard InChI is InChI=1S/C30H37F3N4O4S/c1-36(2)22-11-9-21(10-12-22)35-26-7-4-8-28-25(26)18-23(37(28)20-30(31,32)33)6-5-15-34-27-14-13-24(42(3,39)40)19-29(27)41-17-16-38/h4,7-8,13-14,18-19,21-22,34-35,38H,9-12,15-17,20H2,1-3H3/t21-,22-. The number of sulfone groups is 1. The Labute approximate surface area is 244 Å². The van der Waals surface area contributed by atoms with Crippen molar-refractivity contribution >= 4 is 32.1 Å². The Balaban J connectivity index is 1.57. The molecule has 8 nitrogen and oxygen atoms in total.